The van der Waals surface area contributed by atoms with Gasteiger partial charge in [-0.15, -0.1) is 0 Å². The van der Waals surface area contributed by atoms with E-state index in [9.17, 15) is 0 Å². The molecule has 0 heterocycles. The molecule has 14 heavy (non-hydrogen) atoms. The maximum atomic E-state index is 6.81. The molecule has 86 valence electrons. The monoisotopic (exact) mass is 253 g/mol. The van der Waals surface area contributed by atoms with Crippen LogP contribution in [0.5, 0.6) is 0 Å². The zero-order valence-electron chi connectivity index (χ0n) is 10.8. The molecule has 0 aliphatic rings. The maximum Gasteiger partial charge on any atom is 0.172 e. The van der Waals surface area contributed by atoms with E-state index < -0.39 is 14.6 Å². The number of nitrogens with zero attached hydrogens (tertiary/aromatic N) is 1. The molecule has 0 aromatic heterocycles. The summed E-state index contributed by atoms with van der Waals surface area (Å²) in [6, 6.07) is 0. The minimum absolute atomic E-state index is 0.128. The fourth-order valence-electron chi connectivity index (χ4n) is 1.48. The van der Waals surface area contributed by atoms with E-state index >= 15 is 0 Å². The lowest BCUT2D eigenvalue weighted by molar-refractivity contribution is 0.771. The summed E-state index contributed by atoms with van der Waals surface area (Å²) >= 11 is 6.81. The van der Waals surface area contributed by atoms with E-state index in [-0.39, 0.29) is 5.16 Å². The van der Waals surface area contributed by atoms with Crippen molar-refractivity contribution in [1.29, 1.82) is 0 Å². The predicted molar refractivity (Wildman–Crippen MR) is 73.4 cm³/mol. The van der Waals surface area contributed by atoms with Crippen molar-refractivity contribution in [2.45, 2.75) is 65.1 Å². The van der Waals surface area contributed by atoms with Crippen LogP contribution in [0.2, 0.25) is 19.6 Å². The smallest absolute Gasteiger partial charge is 0.172 e. The van der Waals surface area contributed by atoms with Crippen LogP contribution >= 0.6 is 17.6 Å². The molecule has 4 heteroatoms. The van der Waals surface area contributed by atoms with E-state index in [1.165, 1.54) is 0 Å². The van der Waals surface area contributed by atoms with Gasteiger partial charge in [-0.1, -0.05) is 65.5 Å². The molecule has 0 aliphatic carbocycles. The Bertz CT molecular complexity index is 248. The molecule has 1 nitrogen and oxygen atoms in total. The van der Waals surface area contributed by atoms with Gasteiger partial charge in [0.25, 0.3) is 0 Å². The summed E-state index contributed by atoms with van der Waals surface area (Å²) in [4.78, 5) is 0. The SMILES string of the molecule is CC(C)P(Cl)(=N[Si](C)(C)C)C(C)(C)C. The Kier molecular flexibility index (Phi) is 4.54. The standard InChI is InChI=1S/C10H25ClNPSi/c1-9(2)13(11,10(3,4)5)12-14(6,7)8/h9H,1-8H3. The van der Waals surface area contributed by atoms with Crippen LogP contribution in [-0.4, -0.2) is 19.1 Å². The first-order valence-electron chi connectivity index (χ1n) is 5.23. The molecule has 0 fully saturated rings. The third-order valence-electron chi connectivity index (χ3n) is 2.07. The number of rotatable bonds is 2. The van der Waals surface area contributed by atoms with E-state index in [0.29, 0.717) is 5.66 Å². The van der Waals surface area contributed by atoms with E-state index in [2.05, 4.69) is 54.3 Å². The van der Waals surface area contributed by atoms with Crippen molar-refractivity contribution in [3.63, 3.8) is 0 Å². The van der Waals surface area contributed by atoms with Crippen molar-refractivity contribution >= 4 is 25.9 Å². The molecule has 0 N–H and O–H groups in total. The Morgan fingerprint density at radius 1 is 1.14 bits per heavy atom. The molecule has 1 unspecified atom stereocenters. The van der Waals surface area contributed by atoms with Gasteiger partial charge in [-0.3, -0.25) is 0 Å². The highest BCUT2D eigenvalue weighted by molar-refractivity contribution is 7.93. The highest BCUT2D eigenvalue weighted by atomic mass is 35.7. The number of hydrogen-bond acceptors (Lipinski definition) is 1. The summed E-state index contributed by atoms with van der Waals surface area (Å²) in [5.74, 6) is 0. The normalized spacial score (nSPS) is 18.1. The third-order valence-corrected chi connectivity index (χ3v) is 12.3. The zero-order chi connectivity index (χ0) is 11.8. The van der Waals surface area contributed by atoms with E-state index in [4.69, 9.17) is 15.7 Å². The van der Waals surface area contributed by atoms with E-state index in [1.54, 1.807) is 0 Å². The molecule has 0 radical (unpaired) electrons. The molecule has 0 saturated heterocycles. The van der Waals surface area contributed by atoms with Crippen LogP contribution in [0.1, 0.15) is 34.6 Å². The van der Waals surface area contributed by atoms with Crippen LogP contribution in [-0.2, 0) is 0 Å². The van der Waals surface area contributed by atoms with Gasteiger partial charge in [0.1, 0.15) is 0 Å². The average molecular weight is 254 g/mol. The number of halogens is 1. The Balaban J connectivity index is 5.46. The van der Waals surface area contributed by atoms with Crippen LogP contribution in [0.4, 0.5) is 0 Å². The second-order valence-corrected chi connectivity index (χ2v) is 16.4. The first-order chi connectivity index (χ1) is 5.90. The van der Waals surface area contributed by atoms with Crippen LogP contribution in [0, 0.1) is 0 Å². The quantitative estimate of drug-likeness (QED) is 0.463. The van der Waals surface area contributed by atoms with Gasteiger partial charge in [-0.2, -0.15) is 0 Å². The topological polar surface area (TPSA) is 12.4 Å². The second-order valence-electron chi connectivity index (χ2n) is 6.14. The first-order valence-corrected chi connectivity index (χ1v) is 11.4. The largest absolute Gasteiger partial charge is 0.323 e. The summed E-state index contributed by atoms with van der Waals surface area (Å²) < 4.78 is 5.03. The maximum absolute atomic E-state index is 6.81. The van der Waals surface area contributed by atoms with Gasteiger partial charge in [-0.05, 0) is 0 Å². The molecular formula is C10H25ClNPSi. The molecule has 0 spiro atoms. The molecule has 0 aromatic rings. The van der Waals surface area contributed by atoms with Crippen molar-refractivity contribution in [2.24, 2.45) is 4.41 Å². The van der Waals surface area contributed by atoms with Gasteiger partial charge in [0.2, 0.25) is 0 Å². The minimum atomic E-state index is -1.69. The van der Waals surface area contributed by atoms with Crippen LogP contribution in [0.15, 0.2) is 4.41 Å². The lowest BCUT2D eigenvalue weighted by Crippen LogP contribution is -2.23. The minimum Gasteiger partial charge on any atom is -0.323 e. The summed E-state index contributed by atoms with van der Waals surface area (Å²) in [7, 11) is -1.42. The average Bonchev–Trinajstić information content (AvgIpc) is 1.79. The zero-order valence-corrected chi connectivity index (χ0v) is 13.5. The molecule has 0 amide bonds. The van der Waals surface area contributed by atoms with E-state index in [1.807, 2.05) is 0 Å². The molecule has 0 aromatic carbocycles. The molecule has 0 rings (SSSR count). The fraction of sp³-hybridized carbons (Fsp3) is 1.00. The predicted octanol–water partition coefficient (Wildman–Crippen LogP) is 5.38. The Hall–Kier alpha value is 0.737. The van der Waals surface area contributed by atoms with Crippen LogP contribution in [0.3, 0.4) is 0 Å². The van der Waals surface area contributed by atoms with Gasteiger partial charge in [0.05, 0.1) is 6.41 Å². The first kappa shape index (κ1) is 14.7. The van der Waals surface area contributed by atoms with Gasteiger partial charge in [-0.25, -0.2) is 0 Å². The second kappa shape index (κ2) is 4.31. The highest BCUT2D eigenvalue weighted by Gasteiger charge is 2.36. The van der Waals surface area contributed by atoms with Gasteiger partial charge < -0.3 is 4.41 Å². The summed E-state index contributed by atoms with van der Waals surface area (Å²) in [6.07, 6.45) is -1.69. The Morgan fingerprint density at radius 3 is 1.57 bits per heavy atom. The van der Waals surface area contributed by atoms with Gasteiger partial charge in [0, 0.05) is 10.8 Å². The van der Waals surface area contributed by atoms with E-state index in [0.717, 1.165) is 0 Å². The van der Waals surface area contributed by atoms with Crippen molar-refractivity contribution < 1.29 is 0 Å². The lowest BCUT2D eigenvalue weighted by atomic mass is 10.3. The van der Waals surface area contributed by atoms with Crippen LogP contribution in [0.25, 0.3) is 0 Å². The summed E-state index contributed by atoms with van der Waals surface area (Å²) in [5, 5.41) is 0.128. The van der Waals surface area contributed by atoms with Crippen molar-refractivity contribution in [1.82, 2.24) is 0 Å². The fourth-order valence-corrected chi connectivity index (χ4v) is 10.7. The van der Waals surface area contributed by atoms with Gasteiger partial charge in [0.15, 0.2) is 8.24 Å². The molecule has 0 saturated carbocycles. The third kappa shape index (κ3) is 3.71. The summed E-state index contributed by atoms with van der Waals surface area (Å²) in [6.45, 7) is 17.9. The molecular weight excluding hydrogens is 229 g/mol. The van der Waals surface area contributed by atoms with Crippen molar-refractivity contribution in [3.8, 4) is 0 Å². The van der Waals surface area contributed by atoms with Gasteiger partial charge >= 0.3 is 0 Å². The summed E-state index contributed by atoms with van der Waals surface area (Å²) in [5.41, 5.74) is 0.482. The highest BCUT2D eigenvalue weighted by Crippen LogP contribution is 2.69. The Morgan fingerprint density at radius 2 is 1.50 bits per heavy atom. The molecule has 1 atom stereocenters. The van der Waals surface area contributed by atoms with Crippen molar-refractivity contribution in [3.05, 3.63) is 0 Å². The lowest BCUT2D eigenvalue weighted by Gasteiger charge is -2.37. The molecule has 0 aliphatic heterocycles. The number of hydrogen-bond donors (Lipinski definition) is 0. The van der Waals surface area contributed by atoms with Crippen molar-refractivity contribution in [2.75, 3.05) is 0 Å². The molecule has 0 bridgehead atoms. The Labute approximate surface area is 95.6 Å². The van der Waals surface area contributed by atoms with Crippen LogP contribution < -0.4 is 0 Å².